The van der Waals surface area contributed by atoms with Crippen molar-refractivity contribution in [2.24, 2.45) is 0 Å². The second kappa shape index (κ2) is 43.2. The summed E-state index contributed by atoms with van der Waals surface area (Å²) in [4.78, 5) is 25.9. The lowest BCUT2D eigenvalue weighted by molar-refractivity contribution is -0.148. The second-order valence-electron chi connectivity index (χ2n) is 15.1. The van der Waals surface area contributed by atoms with Crippen LogP contribution < -0.4 is 5.32 Å². The third-order valence-electron chi connectivity index (χ3n) is 9.72. The molecular weight excluding hydrogens is 695 g/mol. The number of amides is 1. The number of carbonyl (C=O) groups excluding carboxylic acids is 2. The van der Waals surface area contributed by atoms with Gasteiger partial charge in [-0.05, 0) is 70.3 Å². The van der Waals surface area contributed by atoms with Crippen LogP contribution in [0.4, 0.5) is 0 Å². The molecule has 0 saturated heterocycles. The molecule has 56 heavy (non-hydrogen) atoms. The van der Waals surface area contributed by atoms with Crippen LogP contribution in [0.25, 0.3) is 0 Å². The zero-order valence-electron chi connectivity index (χ0n) is 36.2. The SMILES string of the molecule is CC/C=C/C/C=C/C/C=C/C/C=C/C/C=C/CCC(=O)OC(/C=C/C/C=C\CCCCCCCC)CC(=O)NC(CO)C(O)CCCCCCCCCCCC. The Morgan fingerprint density at radius 3 is 1.52 bits per heavy atom. The molecular formula is C50H85NO5. The Bertz CT molecular complexity index is 1100. The van der Waals surface area contributed by atoms with Gasteiger partial charge in [0.2, 0.25) is 5.91 Å². The molecule has 0 spiro atoms. The van der Waals surface area contributed by atoms with E-state index in [0.29, 0.717) is 19.3 Å². The Kier molecular flexibility index (Phi) is 40.9. The first-order valence-corrected chi connectivity index (χ1v) is 22.8. The highest BCUT2D eigenvalue weighted by molar-refractivity contribution is 5.78. The molecule has 0 aromatic rings. The van der Waals surface area contributed by atoms with Gasteiger partial charge in [0.15, 0.2) is 0 Å². The van der Waals surface area contributed by atoms with Crippen LogP contribution in [0, 0.1) is 0 Å². The van der Waals surface area contributed by atoms with E-state index in [1.54, 1.807) is 6.08 Å². The van der Waals surface area contributed by atoms with Gasteiger partial charge < -0.3 is 20.3 Å². The first-order chi connectivity index (χ1) is 27.5. The van der Waals surface area contributed by atoms with Crippen LogP contribution in [0.15, 0.2) is 85.1 Å². The van der Waals surface area contributed by atoms with Crippen LogP contribution in [0.2, 0.25) is 0 Å². The smallest absolute Gasteiger partial charge is 0.306 e. The number of aliphatic hydroxyl groups excluding tert-OH is 2. The van der Waals surface area contributed by atoms with E-state index in [2.05, 4.69) is 92.9 Å². The fourth-order valence-electron chi connectivity index (χ4n) is 6.27. The summed E-state index contributed by atoms with van der Waals surface area (Å²) in [5.74, 6) is -0.711. The number of allylic oxidation sites excluding steroid dienone is 13. The molecule has 320 valence electrons. The predicted octanol–water partition coefficient (Wildman–Crippen LogP) is 13.2. The lowest BCUT2D eigenvalue weighted by atomic mass is 10.0. The van der Waals surface area contributed by atoms with Crippen molar-refractivity contribution >= 4 is 11.9 Å². The van der Waals surface area contributed by atoms with Crippen LogP contribution in [-0.4, -0.2) is 46.9 Å². The molecule has 6 heteroatoms. The molecule has 0 aliphatic heterocycles. The fourth-order valence-corrected chi connectivity index (χ4v) is 6.27. The monoisotopic (exact) mass is 780 g/mol. The number of nitrogens with one attached hydrogen (secondary N) is 1. The van der Waals surface area contributed by atoms with Gasteiger partial charge in [-0.2, -0.15) is 0 Å². The summed E-state index contributed by atoms with van der Waals surface area (Å²) in [7, 11) is 0. The minimum atomic E-state index is -0.824. The maximum absolute atomic E-state index is 13.1. The highest BCUT2D eigenvalue weighted by Crippen LogP contribution is 2.14. The Balaban J connectivity index is 4.81. The van der Waals surface area contributed by atoms with Gasteiger partial charge in [0, 0.05) is 6.42 Å². The first kappa shape index (κ1) is 53.0. The maximum Gasteiger partial charge on any atom is 0.306 e. The molecule has 0 saturated carbocycles. The van der Waals surface area contributed by atoms with Gasteiger partial charge in [-0.3, -0.25) is 9.59 Å². The largest absolute Gasteiger partial charge is 0.458 e. The summed E-state index contributed by atoms with van der Waals surface area (Å²) in [5.41, 5.74) is 0. The van der Waals surface area contributed by atoms with Crippen molar-refractivity contribution in [2.45, 2.75) is 212 Å². The van der Waals surface area contributed by atoms with Gasteiger partial charge in [-0.25, -0.2) is 0 Å². The lowest BCUT2D eigenvalue weighted by Gasteiger charge is -2.23. The lowest BCUT2D eigenvalue weighted by Crippen LogP contribution is -2.46. The van der Waals surface area contributed by atoms with E-state index in [1.807, 2.05) is 12.2 Å². The van der Waals surface area contributed by atoms with Gasteiger partial charge >= 0.3 is 5.97 Å². The van der Waals surface area contributed by atoms with Gasteiger partial charge in [0.25, 0.3) is 0 Å². The van der Waals surface area contributed by atoms with Crippen LogP contribution in [0.5, 0.6) is 0 Å². The van der Waals surface area contributed by atoms with E-state index in [9.17, 15) is 19.8 Å². The molecule has 0 aromatic heterocycles. The number of hydrogen-bond donors (Lipinski definition) is 3. The zero-order chi connectivity index (χ0) is 41.0. The van der Waals surface area contributed by atoms with Gasteiger partial charge in [-0.1, -0.05) is 196 Å². The van der Waals surface area contributed by atoms with Crippen molar-refractivity contribution in [3.8, 4) is 0 Å². The van der Waals surface area contributed by atoms with Crippen LogP contribution in [0.3, 0.4) is 0 Å². The summed E-state index contributed by atoms with van der Waals surface area (Å²) in [5, 5.41) is 23.5. The molecule has 1 amide bonds. The van der Waals surface area contributed by atoms with E-state index >= 15 is 0 Å². The Hall–Kier alpha value is -2.96. The highest BCUT2D eigenvalue weighted by atomic mass is 16.5. The fraction of sp³-hybridized carbons (Fsp3) is 0.680. The predicted molar refractivity (Wildman–Crippen MR) is 241 cm³/mol. The summed E-state index contributed by atoms with van der Waals surface area (Å²) in [6.07, 6.45) is 55.4. The van der Waals surface area contributed by atoms with Crippen molar-refractivity contribution in [3.63, 3.8) is 0 Å². The average molecular weight is 780 g/mol. The zero-order valence-corrected chi connectivity index (χ0v) is 36.2. The normalized spacial score (nSPS) is 14.2. The van der Waals surface area contributed by atoms with E-state index in [1.165, 1.54) is 83.5 Å². The first-order valence-electron chi connectivity index (χ1n) is 22.8. The molecule has 0 fully saturated rings. The van der Waals surface area contributed by atoms with Crippen molar-refractivity contribution in [1.82, 2.24) is 5.32 Å². The van der Waals surface area contributed by atoms with Crippen LogP contribution in [-0.2, 0) is 14.3 Å². The van der Waals surface area contributed by atoms with Crippen LogP contribution in [0.1, 0.15) is 194 Å². The second-order valence-corrected chi connectivity index (χ2v) is 15.1. The van der Waals surface area contributed by atoms with E-state index in [4.69, 9.17) is 4.74 Å². The maximum atomic E-state index is 13.1. The number of carbonyl (C=O) groups is 2. The molecule has 0 aromatic carbocycles. The van der Waals surface area contributed by atoms with E-state index in [-0.39, 0.29) is 31.3 Å². The minimum Gasteiger partial charge on any atom is -0.458 e. The summed E-state index contributed by atoms with van der Waals surface area (Å²) >= 11 is 0. The number of hydrogen-bond acceptors (Lipinski definition) is 5. The molecule has 3 N–H and O–H groups in total. The molecule has 3 atom stereocenters. The van der Waals surface area contributed by atoms with Crippen molar-refractivity contribution in [1.29, 1.82) is 0 Å². The molecule has 0 bridgehead atoms. The third-order valence-corrected chi connectivity index (χ3v) is 9.72. The Labute approximate surface area is 344 Å². The number of unbranched alkanes of at least 4 members (excludes halogenated alkanes) is 15. The Morgan fingerprint density at radius 2 is 1.00 bits per heavy atom. The van der Waals surface area contributed by atoms with Crippen molar-refractivity contribution in [3.05, 3.63) is 85.1 Å². The standard InChI is InChI=1S/C50H85NO5/c1-4-7-10-13-16-19-22-23-24-25-26-28-31-34-37-40-43-50(55)56-46(41-38-35-32-29-27-20-17-14-11-8-5-2)44-49(54)51-47(45-52)48(53)42-39-36-33-30-21-18-15-12-9-6-3/h7,10,16,19,23-24,26,28-29,32,34,37-38,41,46-48,52-53H,4-6,8-9,11-15,17-18,20-22,25,27,30-31,33,35-36,39-40,42-45H2,1-3H3,(H,51,54)/b10-7+,19-16+,24-23+,28-26+,32-29-,37-34+,41-38+. The average Bonchev–Trinajstić information content (AvgIpc) is 3.19. The summed E-state index contributed by atoms with van der Waals surface area (Å²) in [6.45, 7) is 6.27. The number of aliphatic hydroxyl groups is 2. The van der Waals surface area contributed by atoms with Gasteiger partial charge in [0.05, 0.1) is 25.2 Å². The summed E-state index contributed by atoms with van der Waals surface area (Å²) in [6, 6.07) is -0.748. The Morgan fingerprint density at radius 1 is 0.554 bits per heavy atom. The topological polar surface area (TPSA) is 95.9 Å². The van der Waals surface area contributed by atoms with E-state index < -0.39 is 18.2 Å². The molecule has 6 nitrogen and oxygen atoms in total. The summed E-state index contributed by atoms with van der Waals surface area (Å²) < 4.78 is 5.75. The molecule has 0 radical (unpaired) electrons. The van der Waals surface area contributed by atoms with Gasteiger partial charge in [0.1, 0.15) is 6.10 Å². The molecule has 0 aliphatic carbocycles. The number of ether oxygens (including phenoxy) is 1. The van der Waals surface area contributed by atoms with Crippen molar-refractivity contribution < 1.29 is 24.5 Å². The van der Waals surface area contributed by atoms with Gasteiger partial charge in [-0.15, -0.1) is 0 Å². The highest BCUT2D eigenvalue weighted by Gasteiger charge is 2.23. The molecule has 3 unspecified atom stereocenters. The minimum absolute atomic E-state index is 0.0626. The van der Waals surface area contributed by atoms with Crippen molar-refractivity contribution in [2.75, 3.05) is 6.61 Å². The van der Waals surface area contributed by atoms with E-state index in [0.717, 1.165) is 57.8 Å². The quantitative estimate of drug-likeness (QED) is 0.0328. The molecule has 0 aliphatic rings. The van der Waals surface area contributed by atoms with Crippen LogP contribution >= 0.6 is 0 Å². The molecule has 0 heterocycles. The third kappa shape index (κ3) is 37.9. The molecule has 0 rings (SSSR count). The number of esters is 1. The number of rotatable bonds is 39.